The first-order valence-electron chi connectivity index (χ1n) is 4.82. The third-order valence-corrected chi connectivity index (χ3v) is 2.61. The van der Waals surface area contributed by atoms with Crippen molar-refractivity contribution in [1.29, 1.82) is 5.26 Å². The van der Waals surface area contributed by atoms with Crippen LogP contribution in [0.5, 0.6) is 0 Å². The van der Waals surface area contributed by atoms with Crippen molar-refractivity contribution in [2.75, 3.05) is 0 Å². The Morgan fingerprint density at radius 2 is 1.93 bits per heavy atom. The highest BCUT2D eigenvalue weighted by molar-refractivity contribution is 6.83. The third-order valence-electron chi connectivity index (χ3n) is 1.73. The Kier molecular flexibility index (Phi) is 3.29. The predicted molar refractivity (Wildman–Crippen MR) is 63.9 cm³/mol. The van der Waals surface area contributed by atoms with E-state index in [0.29, 0.717) is 5.56 Å². The number of aryl methyl sites for hydroxylation is 1. The summed E-state index contributed by atoms with van der Waals surface area (Å²) in [5, 5.41) is 8.89. The largest absolute Gasteiger partial charge is 0.260 e. The molecule has 0 spiro atoms. The summed E-state index contributed by atoms with van der Waals surface area (Å²) in [6.07, 6.45) is 1.59. The van der Waals surface area contributed by atoms with E-state index in [-0.39, 0.29) is 0 Å². The fraction of sp³-hybridized carbons (Fsp3) is 0.333. The van der Waals surface area contributed by atoms with Crippen molar-refractivity contribution in [2.45, 2.75) is 26.6 Å². The minimum Gasteiger partial charge on any atom is -0.260 e. The van der Waals surface area contributed by atoms with Gasteiger partial charge in [-0.3, -0.25) is 4.98 Å². The van der Waals surface area contributed by atoms with Crippen molar-refractivity contribution in [1.82, 2.24) is 4.98 Å². The van der Waals surface area contributed by atoms with Gasteiger partial charge < -0.3 is 0 Å². The fourth-order valence-corrected chi connectivity index (χ4v) is 1.52. The number of aromatic nitrogens is 1. The molecule has 0 N–H and O–H groups in total. The van der Waals surface area contributed by atoms with Gasteiger partial charge >= 0.3 is 0 Å². The van der Waals surface area contributed by atoms with Crippen molar-refractivity contribution in [3.63, 3.8) is 0 Å². The number of hydrogen-bond donors (Lipinski definition) is 0. The van der Waals surface area contributed by atoms with E-state index in [9.17, 15) is 0 Å². The zero-order valence-electron chi connectivity index (χ0n) is 9.55. The molecule has 1 rings (SSSR count). The first-order valence-corrected chi connectivity index (χ1v) is 8.32. The van der Waals surface area contributed by atoms with Gasteiger partial charge in [-0.1, -0.05) is 25.6 Å². The normalized spacial score (nSPS) is 10.1. The molecule has 0 amide bonds. The van der Waals surface area contributed by atoms with Crippen molar-refractivity contribution in [2.24, 2.45) is 0 Å². The molecule has 15 heavy (non-hydrogen) atoms. The molecule has 1 aromatic rings. The maximum Gasteiger partial charge on any atom is 0.129 e. The highest BCUT2D eigenvalue weighted by Crippen LogP contribution is 2.07. The Bertz CT molecular complexity index is 467. The van der Waals surface area contributed by atoms with Crippen molar-refractivity contribution in [3.8, 4) is 17.5 Å². The molecule has 76 valence electrons. The summed E-state index contributed by atoms with van der Waals surface area (Å²) in [6, 6.07) is 3.98. The number of pyridine rings is 1. The molecule has 0 bridgehead atoms. The average molecular weight is 214 g/mol. The van der Waals surface area contributed by atoms with Gasteiger partial charge in [0.1, 0.15) is 14.1 Å². The topological polar surface area (TPSA) is 36.7 Å². The molecular formula is C12H14N2Si. The SMILES string of the molecule is Cc1cc(C#C[Si](C)(C)C)c(C#N)cn1. The molecule has 1 heterocycles. The molecule has 2 nitrogen and oxygen atoms in total. The van der Waals surface area contributed by atoms with Crippen LogP contribution in [0.25, 0.3) is 0 Å². The molecule has 0 radical (unpaired) electrons. The Morgan fingerprint density at radius 1 is 1.27 bits per heavy atom. The molecule has 0 unspecified atom stereocenters. The van der Waals surface area contributed by atoms with Crippen molar-refractivity contribution < 1.29 is 0 Å². The summed E-state index contributed by atoms with van der Waals surface area (Å²) in [6.45, 7) is 8.45. The van der Waals surface area contributed by atoms with Crippen LogP contribution in [-0.2, 0) is 0 Å². The molecule has 0 atom stereocenters. The second kappa shape index (κ2) is 4.29. The van der Waals surface area contributed by atoms with E-state index in [1.807, 2.05) is 13.0 Å². The molecule has 0 saturated heterocycles. The summed E-state index contributed by atoms with van der Waals surface area (Å²) in [5.74, 6) is 3.09. The fourth-order valence-electron chi connectivity index (χ4n) is 1.01. The first kappa shape index (κ1) is 11.5. The number of hydrogen-bond acceptors (Lipinski definition) is 2. The number of rotatable bonds is 0. The molecule has 0 aromatic carbocycles. The summed E-state index contributed by atoms with van der Waals surface area (Å²) in [7, 11) is -1.38. The maximum absolute atomic E-state index is 8.89. The molecule has 3 heteroatoms. The molecule has 0 aliphatic heterocycles. The molecule has 0 fully saturated rings. The van der Waals surface area contributed by atoms with Crippen LogP contribution in [0.2, 0.25) is 19.6 Å². The highest BCUT2D eigenvalue weighted by atomic mass is 28.3. The zero-order valence-corrected chi connectivity index (χ0v) is 10.5. The van der Waals surface area contributed by atoms with Crippen LogP contribution in [0.3, 0.4) is 0 Å². The minimum atomic E-state index is -1.38. The summed E-state index contributed by atoms with van der Waals surface area (Å²) in [4.78, 5) is 4.08. The van der Waals surface area contributed by atoms with E-state index in [0.717, 1.165) is 11.3 Å². The quantitative estimate of drug-likeness (QED) is 0.491. The van der Waals surface area contributed by atoms with Gasteiger partial charge in [0.2, 0.25) is 0 Å². The van der Waals surface area contributed by atoms with Crippen molar-refractivity contribution >= 4 is 8.07 Å². The van der Waals surface area contributed by atoms with Gasteiger partial charge in [-0.05, 0) is 13.0 Å². The lowest BCUT2D eigenvalue weighted by atomic mass is 10.1. The average Bonchev–Trinajstić information content (AvgIpc) is 2.14. The summed E-state index contributed by atoms with van der Waals surface area (Å²) < 4.78 is 0. The lowest BCUT2D eigenvalue weighted by Crippen LogP contribution is -2.16. The third kappa shape index (κ3) is 3.57. The zero-order chi connectivity index (χ0) is 11.5. The van der Waals surface area contributed by atoms with Crippen LogP contribution in [0.4, 0.5) is 0 Å². The standard InChI is InChI=1S/C12H14N2Si/c1-10-7-11(5-6-15(2,3)4)12(8-13)9-14-10/h7,9H,1-4H3. The van der Waals surface area contributed by atoms with Crippen LogP contribution in [0.15, 0.2) is 12.3 Å². The summed E-state index contributed by atoms with van der Waals surface area (Å²) >= 11 is 0. The van der Waals surface area contributed by atoms with Crippen LogP contribution in [-0.4, -0.2) is 13.1 Å². The number of nitriles is 1. The Hall–Kier alpha value is -1.58. The van der Waals surface area contributed by atoms with Gasteiger partial charge in [0, 0.05) is 17.5 Å². The number of nitrogens with zero attached hydrogens (tertiary/aromatic N) is 2. The van der Waals surface area contributed by atoms with Gasteiger partial charge in [-0.15, -0.1) is 5.54 Å². The Labute approximate surface area is 92.0 Å². The van der Waals surface area contributed by atoms with Crippen molar-refractivity contribution in [3.05, 3.63) is 29.1 Å². The van der Waals surface area contributed by atoms with Gasteiger partial charge in [-0.25, -0.2) is 0 Å². The van der Waals surface area contributed by atoms with Gasteiger partial charge in [0.25, 0.3) is 0 Å². The minimum absolute atomic E-state index is 0.561. The van der Waals surface area contributed by atoms with Gasteiger partial charge in [0.05, 0.1) is 5.56 Å². The van der Waals surface area contributed by atoms with E-state index in [1.165, 1.54) is 0 Å². The second-order valence-electron chi connectivity index (χ2n) is 4.48. The molecule has 0 aliphatic rings. The van der Waals surface area contributed by atoms with E-state index < -0.39 is 8.07 Å². The molecule has 1 aromatic heterocycles. The van der Waals surface area contributed by atoms with E-state index >= 15 is 0 Å². The van der Waals surface area contributed by atoms with Gasteiger partial charge in [0.15, 0.2) is 0 Å². The van der Waals surface area contributed by atoms with Crippen LogP contribution in [0, 0.1) is 29.7 Å². The predicted octanol–water partition coefficient (Wildman–Crippen LogP) is 2.49. The molecule has 0 aliphatic carbocycles. The van der Waals surface area contributed by atoms with Crippen LogP contribution in [0.1, 0.15) is 16.8 Å². The molecule has 0 saturated carbocycles. The van der Waals surface area contributed by atoms with E-state index in [1.54, 1.807) is 6.20 Å². The monoisotopic (exact) mass is 214 g/mol. The first-order chi connectivity index (χ1) is 6.92. The van der Waals surface area contributed by atoms with Crippen LogP contribution < -0.4 is 0 Å². The Balaban J connectivity index is 3.19. The highest BCUT2D eigenvalue weighted by Gasteiger charge is 2.08. The maximum atomic E-state index is 8.89. The van der Waals surface area contributed by atoms with Gasteiger partial charge in [-0.2, -0.15) is 5.26 Å². The lowest BCUT2D eigenvalue weighted by molar-refractivity contribution is 1.18. The van der Waals surface area contributed by atoms with Crippen LogP contribution >= 0.6 is 0 Å². The summed E-state index contributed by atoms with van der Waals surface area (Å²) in [5.41, 5.74) is 5.51. The lowest BCUT2D eigenvalue weighted by Gasteiger charge is -2.04. The van der Waals surface area contributed by atoms with E-state index in [2.05, 4.69) is 42.2 Å². The second-order valence-corrected chi connectivity index (χ2v) is 9.23. The Morgan fingerprint density at radius 3 is 2.47 bits per heavy atom. The van der Waals surface area contributed by atoms with E-state index in [4.69, 9.17) is 5.26 Å². The smallest absolute Gasteiger partial charge is 0.129 e. The molecular weight excluding hydrogens is 200 g/mol.